The molecule has 0 fully saturated rings. The second kappa shape index (κ2) is 15.3. The summed E-state index contributed by atoms with van der Waals surface area (Å²) in [4.78, 5) is 8.85. The lowest BCUT2D eigenvalue weighted by atomic mass is 10.1. The monoisotopic (exact) mass is 577 g/mol. The number of aliphatic imine (C=N–C) groups is 1. The summed E-state index contributed by atoms with van der Waals surface area (Å²) in [6.07, 6.45) is 5.59. The molecule has 2 N–H and O–H groups in total. The van der Waals surface area contributed by atoms with Crippen molar-refractivity contribution in [1.82, 2.24) is 20.2 Å². The molecule has 0 spiro atoms. The van der Waals surface area contributed by atoms with Crippen molar-refractivity contribution in [2.75, 3.05) is 26.4 Å². The topological polar surface area (TPSA) is 72.7 Å². The molecule has 2 aromatic carbocycles. The first-order chi connectivity index (χ1) is 16.2. The molecule has 1 aromatic heterocycles. The molecule has 0 bridgehead atoms. The van der Waals surface area contributed by atoms with Crippen molar-refractivity contribution in [2.45, 2.75) is 40.4 Å². The van der Waals surface area contributed by atoms with E-state index in [9.17, 15) is 0 Å². The summed E-state index contributed by atoms with van der Waals surface area (Å²) in [5.74, 6) is 1.66. The summed E-state index contributed by atoms with van der Waals surface area (Å²) >= 11 is 0. The van der Waals surface area contributed by atoms with Gasteiger partial charge in [0.2, 0.25) is 0 Å². The Hall–Kier alpha value is -2.59. The summed E-state index contributed by atoms with van der Waals surface area (Å²) in [6, 6.07) is 14.8. The quantitative estimate of drug-likeness (QED) is 0.143. The van der Waals surface area contributed by atoms with E-state index in [1.165, 1.54) is 11.1 Å². The lowest BCUT2D eigenvalue weighted by Gasteiger charge is -2.15. The summed E-state index contributed by atoms with van der Waals surface area (Å²) in [7, 11) is 0. The van der Waals surface area contributed by atoms with Gasteiger partial charge in [0, 0.05) is 44.2 Å². The maximum absolute atomic E-state index is 5.96. The highest BCUT2D eigenvalue weighted by molar-refractivity contribution is 14.0. The average molecular weight is 578 g/mol. The first-order valence-electron chi connectivity index (χ1n) is 11.5. The van der Waals surface area contributed by atoms with E-state index in [1.807, 2.05) is 19.4 Å². The van der Waals surface area contributed by atoms with E-state index < -0.39 is 0 Å². The number of imidazole rings is 1. The highest BCUT2D eigenvalue weighted by atomic mass is 127. The molecule has 8 heteroatoms. The summed E-state index contributed by atoms with van der Waals surface area (Å²) in [6.45, 7) is 10.8. The molecule has 184 valence electrons. The van der Waals surface area contributed by atoms with Crippen LogP contribution < -0.4 is 15.4 Å². The fourth-order valence-corrected chi connectivity index (χ4v) is 3.33. The number of benzene rings is 2. The molecule has 0 saturated heterocycles. The molecule has 0 radical (unpaired) electrons. The van der Waals surface area contributed by atoms with Crippen LogP contribution in [0.2, 0.25) is 0 Å². The number of halogens is 1. The van der Waals surface area contributed by atoms with Gasteiger partial charge in [-0.25, -0.2) is 9.98 Å². The van der Waals surface area contributed by atoms with E-state index in [4.69, 9.17) is 14.5 Å². The average Bonchev–Trinajstić information content (AvgIpc) is 3.33. The molecular weight excluding hydrogens is 541 g/mol. The molecule has 0 amide bonds. The fraction of sp³-hybridized carbons (Fsp3) is 0.385. The Balaban J connectivity index is 0.00000408. The number of hydrogen-bond donors (Lipinski definition) is 2. The van der Waals surface area contributed by atoms with Gasteiger partial charge in [0.25, 0.3) is 0 Å². The molecule has 0 atom stereocenters. The Morgan fingerprint density at radius 1 is 1.03 bits per heavy atom. The molecular formula is C26H36IN5O2. The minimum Gasteiger partial charge on any atom is -0.491 e. The summed E-state index contributed by atoms with van der Waals surface area (Å²) in [5, 5.41) is 6.75. The number of rotatable bonds is 12. The summed E-state index contributed by atoms with van der Waals surface area (Å²) < 4.78 is 13.4. The molecule has 3 aromatic rings. The zero-order chi connectivity index (χ0) is 23.3. The largest absolute Gasteiger partial charge is 0.491 e. The van der Waals surface area contributed by atoms with E-state index in [0.29, 0.717) is 32.9 Å². The molecule has 34 heavy (non-hydrogen) atoms. The first kappa shape index (κ1) is 27.7. The van der Waals surface area contributed by atoms with E-state index in [1.54, 1.807) is 6.20 Å². The van der Waals surface area contributed by atoms with Gasteiger partial charge in [-0.2, -0.15) is 0 Å². The van der Waals surface area contributed by atoms with Crippen molar-refractivity contribution in [3.8, 4) is 5.75 Å². The molecule has 3 rings (SSSR count). The molecule has 0 unspecified atom stereocenters. The van der Waals surface area contributed by atoms with Gasteiger partial charge in [0.1, 0.15) is 12.4 Å². The van der Waals surface area contributed by atoms with Crippen LogP contribution in [-0.4, -0.2) is 41.9 Å². The van der Waals surface area contributed by atoms with Crippen LogP contribution in [-0.2, 0) is 24.4 Å². The van der Waals surface area contributed by atoms with Gasteiger partial charge in [0.05, 0.1) is 19.5 Å². The smallest absolute Gasteiger partial charge is 0.191 e. The number of aryl methyl sites for hydroxylation is 1. The van der Waals surface area contributed by atoms with E-state index >= 15 is 0 Å². The van der Waals surface area contributed by atoms with Crippen LogP contribution in [0.15, 0.2) is 66.2 Å². The minimum atomic E-state index is 0. The maximum Gasteiger partial charge on any atom is 0.191 e. The van der Waals surface area contributed by atoms with Gasteiger partial charge in [-0.1, -0.05) is 36.4 Å². The third kappa shape index (κ3) is 9.34. The zero-order valence-corrected chi connectivity index (χ0v) is 22.6. The molecule has 0 aliphatic carbocycles. The predicted molar refractivity (Wildman–Crippen MR) is 148 cm³/mol. The van der Waals surface area contributed by atoms with Crippen LogP contribution in [0.5, 0.6) is 5.75 Å². The second-order valence-corrected chi connectivity index (χ2v) is 7.76. The molecule has 0 saturated carbocycles. The second-order valence-electron chi connectivity index (χ2n) is 7.76. The number of guanidine groups is 1. The first-order valence-corrected chi connectivity index (χ1v) is 11.5. The van der Waals surface area contributed by atoms with Gasteiger partial charge in [-0.3, -0.25) is 0 Å². The van der Waals surface area contributed by atoms with Crippen LogP contribution in [0.25, 0.3) is 0 Å². The zero-order valence-electron chi connectivity index (χ0n) is 20.3. The predicted octanol–water partition coefficient (Wildman–Crippen LogP) is 4.53. The SMILES string of the molecule is CCNC(=NCc1ccc(Cn2ccnc2)cc1)NCc1ccc(C)cc1OCCOCC.I. The minimum absolute atomic E-state index is 0. The van der Waals surface area contributed by atoms with Crippen molar-refractivity contribution < 1.29 is 9.47 Å². The van der Waals surface area contributed by atoms with Gasteiger partial charge in [-0.15, -0.1) is 24.0 Å². The third-order valence-corrected chi connectivity index (χ3v) is 5.07. The van der Waals surface area contributed by atoms with Crippen LogP contribution in [0.1, 0.15) is 36.1 Å². The third-order valence-electron chi connectivity index (χ3n) is 5.07. The van der Waals surface area contributed by atoms with E-state index in [2.05, 4.69) is 76.5 Å². The van der Waals surface area contributed by atoms with Crippen molar-refractivity contribution in [3.63, 3.8) is 0 Å². The Kier molecular flexibility index (Phi) is 12.5. The Morgan fingerprint density at radius 2 is 1.82 bits per heavy atom. The Bertz CT molecular complexity index is 991. The number of hydrogen-bond acceptors (Lipinski definition) is 4. The van der Waals surface area contributed by atoms with Crippen LogP contribution in [0.4, 0.5) is 0 Å². The summed E-state index contributed by atoms with van der Waals surface area (Å²) in [5.41, 5.74) is 4.66. The van der Waals surface area contributed by atoms with Crippen molar-refractivity contribution >= 4 is 29.9 Å². The highest BCUT2D eigenvalue weighted by Crippen LogP contribution is 2.20. The van der Waals surface area contributed by atoms with Crippen LogP contribution >= 0.6 is 24.0 Å². The Morgan fingerprint density at radius 3 is 2.53 bits per heavy atom. The van der Waals surface area contributed by atoms with E-state index in [0.717, 1.165) is 35.9 Å². The van der Waals surface area contributed by atoms with E-state index in [-0.39, 0.29) is 24.0 Å². The van der Waals surface area contributed by atoms with Crippen molar-refractivity contribution in [3.05, 3.63) is 83.4 Å². The van der Waals surface area contributed by atoms with Crippen molar-refractivity contribution in [2.24, 2.45) is 4.99 Å². The number of nitrogens with one attached hydrogen (secondary N) is 2. The Labute approximate surface area is 220 Å². The normalized spacial score (nSPS) is 11.1. The van der Waals surface area contributed by atoms with Gasteiger partial charge in [0.15, 0.2) is 5.96 Å². The number of nitrogens with zero attached hydrogens (tertiary/aromatic N) is 3. The lowest BCUT2D eigenvalue weighted by Crippen LogP contribution is -2.36. The standard InChI is InChI=1S/C26H35N5O2.HI/c1-4-28-26(29-17-22-7-9-23(10-8-22)19-31-13-12-27-20-31)30-18-24-11-6-21(3)16-25(24)33-15-14-32-5-2;/h6-13,16,20H,4-5,14-15,17-19H2,1-3H3,(H2,28,29,30);1H. The van der Waals surface area contributed by atoms with Crippen LogP contribution in [0.3, 0.4) is 0 Å². The van der Waals surface area contributed by atoms with Gasteiger partial charge >= 0.3 is 0 Å². The van der Waals surface area contributed by atoms with Crippen LogP contribution in [0, 0.1) is 6.92 Å². The number of ether oxygens (including phenoxy) is 2. The maximum atomic E-state index is 5.96. The number of aromatic nitrogens is 2. The molecule has 7 nitrogen and oxygen atoms in total. The molecule has 0 aliphatic rings. The lowest BCUT2D eigenvalue weighted by molar-refractivity contribution is 0.110. The van der Waals surface area contributed by atoms with Crippen molar-refractivity contribution in [1.29, 1.82) is 0 Å². The van der Waals surface area contributed by atoms with Gasteiger partial charge in [-0.05, 0) is 43.5 Å². The highest BCUT2D eigenvalue weighted by Gasteiger charge is 2.06. The fourth-order valence-electron chi connectivity index (χ4n) is 3.33. The van der Waals surface area contributed by atoms with Gasteiger partial charge < -0.3 is 24.7 Å². The molecule has 1 heterocycles. The molecule has 0 aliphatic heterocycles.